The summed E-state index contributed by atoms with van der Waals surface area (Å²) in [6, 6.07) is 16.8. The Hall–Kier alpha value is -3.30. The molecule has 0 bridgehead atoms. The molecule has 0 aliphatic rings. The number of rotatable bonds is 8. The number of methoxy groups -OCH3 is 2. The predicted molar refractivity (Wildman–Crippen MR) is 109 cm³/mol. The smallest absolute Gasteiger partial charge is 0.262 e. The summed E-state index contributed by atoms with van der Waals surface area (Å²) in [7, 11) is 7.08. The van der Waals surface area contributed by atoms with Gasteiger partial charge in [0.05, 0.1) is 20.3 Å². The van der Waals surface area contributed by atoms with E-state index in [0.29, 0.717) is 12.3 Å². The lowest BCUT2D eigenvalue weighted by atomic mass is 10.1. The Labute approximate surface area is 166 Å². The fourth-order valence-electron chi connectivity index (χ4n) is 2.76. The molecule has 0 heterocycles. The van der Waals surface area contributed by atoms with Gasteiger partial charge in [-0.3, -0.25) is 4.79 Å². The Morgan fingerprint density at radius 1 is 1.14 bits per heavy atom. The summed E-state index contributed by atoms with van der Waals surface area (Å²) in [5, 5.41) is 12.3. The van der Waals surface area contributed by atoms with Crippen molar-refractivity contribution in [1.82, 2.24) is 10.2 Å². The average molecular weight is 379 g/mol. The standard InChI is InChI=1S/C22H25N3O3/c1-25(2)21(17-8-10-19(27-3)11-9-17)15-24-22(26)18(14-23)12-16-6-5-7-20(13-16)28-4/h5-13,21H,15H2,1-4H3,(H,24,26)/b18-12-. The van der Waals surface area contributed by atoms with Gasteiger partial charge in [-0.15, -0.1) is 0 Å². The molecule has 28 heavy (non-hydrogen) atoms. The van der Waals surface area contributed by atoms with E-state index in [4.69, 9.17) is 9.47 Å². The molecule has 2 aromatic rings. The summed E-state index contributed by atoms with van der Waals surface area (Å²) < 4.78 is 10.4. The van der Waals surface area contributed by atoms with Crippen molar-refractivity contribution in [2.45, 2.75) is 6.04 Å². The van der Waals surface area contributed by atoms with Crippen molar-refractivity contribution < 1.29 is 14.3 Å². The molecule has 0 saturated heterocycles. The molecule has 2 rings (SSSR count). The van der Waals surface area contributed by atoms with Crippen molar-refractivity contribution in [2.24, 2.45) is 0 Å². The van der Waals surface area contributed by atoms with Gasteiger partial charge in [0.1, 0.15) is 23.1 Å². The molecule has 1 N–H and O–H groups in total. The molecule has 146 valence electrons. The summed E-state index contributed by atoms with van der Waals surface area (Å²) in [4.78, 5) is 14.5. The molecule has 2 aromatic carbocycles. The minimum atomic E-state index is -0.411. The van der Waals surface area contributed by atoms with Gasteiger partial charge in [0.15, 0.2) is 0 Å². The van der Waals surface area contributed by atoms with Crippen molar-refractivity contribution in [2.75, 3.05) is 34.9 Å². The third-order valence-electron chi connectivity index (χ3n) is 4.35. The van der Waals surface area contributed by atoms with Gasteiger partial charge in [-0.25, -0.2) is 0 Å². The molecule has 0 spiro atoms. The summed E-state index contributed by atoms with van der Waals surface area (Å²) >= 11 is 0. The molecular weight excluding hydrogens is 354 g/mol. The van der Waals surface area contributed by atoms with Crippen molar-refractivity contribution >= 4 is 12.0 Å². The van der Waals surface area contributed by atoms with Crippen LogP contribution in [0.5, 0.6) is 11.5 Å². The zero-order chi connectivity index (χ0) is 20.5. The highest BCUT2D eigenvalue weighted by molar-refractivity contribution is 6.01. The molecule has 1 unspecified atom stereocenters. The predicted octanol–water partition coefficient (Wildman–Crippen LogP) is 3.03. The number of hydrogen-bond acceptors (Lipinski definition) is 5. The molecule has 0 aliphatic heterocycles. The summed E-state index contributed by atoms with van der Waals surface area (Å²) in [5.41, 5.74) is 1.81. The number of nitrogens with zero attached hydrogens (tertiary/aromatic N) is 2. The van der Waals surface area contributed by atoms with E-state index in [2.05, 4.69) is 5.32 Å². The first-order chi connectivity index (χ1) is 13.5. The Kier molecular flexibility index (Phi) is 7.61. The Morgan fingerprint density at radius 3 is 2.39 bits per heavy atom. The van der Waals surface area contributed by atoms with Crippen LogP contribution in [0.15, 0.2) is 54.1 Å². The molecule has 0 fully saturated rings. The van der Waals surface area contributed by atoms with Gasteiger partial charge in [0.25, 0.3) is 5.91 Å². The number of amides is 1. The molecule has 0 saturated carbocycles. The number of carbonyl (C=O) groups excluding carboxylic acids is 1. The molecule has 6 nitrogen and oxygen atoms in total. The molecule has 0 aromatic heterocycles. The van der Waals surface area contributed by atoms with Gasteiger partial charge in [0, 0.05) is 6.54 Å². The molecule has 0 radical (unpaired) electrons. The van der Waals surface area contributed by atoms with Gasteiger partial charge < -0.3 is 19.7 Å². The van der Waals surface area contributed by atoms with Crippen molar-refractivity contribution in [3.8, 4) is 17.6 Å². The molecule has 1 amide bonds. The first-order valence-corrected chi connectivity index (χ1v) is 8.83. The van der Waals surface area contributed by atoms with E-state index in [9.17, 15) is 10.1 Å². The third kappa shape index (κ3) is 5.60. The van der Waals surface area contributed by atoms with E-state index in [1.165, 1.54) is 0 Å². The van der Waals surface area contributed by atoms with Crippen molar-refractivity contribution in [1.29, 1.82) is 5.26 Å². The van der Waals surface area contributed by atoms with Gasteiger partial charge in [-0.05, 0) is 55.6 Å². The van der Waals surface area contributed by atoms with E-state index in [-0.39, 0.29) is 11.6 Å². The fourth-order valence-corrected chi connectivity index (χ4v) is 2.76. The normalized spacial score (nSPS) is 12.2. The topological polar surface area (TPSA) is 74.6 Å². The van der Waals surface area contributed by atoms with Crippen LogP contribution in [0, 0.1) is 11.3 Å². The lowest BCUT2D eigenvalue weighted by molar-refractivity contribution is -0.117. The van der Waals surface area contributed by atoms with Crippen LogP contribution in [-0.4, -0.2) is 45.7 Å². The monoisotopic (exact) mass is 379 g/mol. The van der Waals surface area contributed by atoms with Crippen LogP contribution >= 0.6 is 0 Å². The van der Waals surface area contributed by atoms with Gasteiger partial charge in [-0.1, -0.05) is 24.3 Å². The molecule has 6 heteroatoms. The van der Waals surface area contributed by atoms with Crippen LogP contribution in [0.2, 0.25) is 0 Å². The quantitative estimate of drug-likeness (QED) is 0.564. The second-order valence-electron chi connectivity index (χ2n) is 6.41. The number of benzene rings is 2. The lowest BCUT2D eigenvalue weighted by Gasteiger charge is -2.25. The molecule has 0 aliphatic carbocycles. The minimum absolute atomic E-state index is 0.0355. The third-order valence-corrected chi connectivity index (χ3v) is 4.35. The van der Waals surface area contributed by atoms with Crippen LogP contribution < -0.4 is 14.8 Å². The number of ether oxygens (including phenoxy) is 2. The zero-order valence-corrected chi connectivity index (χ0v) is 16.6. The SMILES string of the molecule is COc1ccc(C(CNC(=O)/C(C#N)=C\c2cccc(OC)c2)N(C)C)cc1. The van der Waals surface area contributed by atoms with E-state index in [1.807, 2.05) is 61.5 Å². The van der Waals surface area contributed by atoms with E-state index >= 15 is 0 Å². The van der Waals surface area contributed by atoms with Crippen LogP contribution in [0.1, 0.15) is 17.2 Å². The second-order valence-corrected chi connectivity index (χ2v) is 6.41. The Morgan fingerprint density at radius 2 is 1.82 bits per heavy atom. The van der Waals surface area contributed by atoms with E-state index in [0.717, 1.165) is 16.9 Å². The summed E-state index contributed by atoms with van der Waals surface area (Å²) in [6.07, 6.45) is 1.55. The first-order valence-electron chi connectivity index (χ1n) is 8.83. The number of nitriles is 1. The van der Waals surface area contributed by atoms with E-state index < -0.39 is 5.91 Å². The fraction of sp³-hybridized carbons (Fsp3) is 0.273. The van der Waals surface area contributed by atoms with Gasteiger partial charge in [0.2, 0.25) is 0 Å². The zero-order valence-electron chi connectivity index (χ0n) is 16.6. The van der Waals surface area contributed by atoms with Gasteiger partial charge in [-0.2, -0.15) is 5.26 Å². The van der Waals surface area contributed by atoms with Crippen LogP contribution in [0.25, 0.3) is 6.08 Å². The highest BCUT2D eigenvalue weighted by Gasteiger charge is 2.17. The van der Waals surface area contributed by atoms with Crippen LogP contribution in [0.4, 0.5) is 0 Å². The highest BCUT2D eigenvalue weighted by Crippen LogP contribution is 2.21. The number of carbonyl (C=O) groups is 1. The molecular formula is C22H25N3O3. The number of nitrogens with one attached hydrogen (secondary N) is 1. The van der Waals surface area contributed by atoms with Gasteiger partial charge >= 0.3 is 0 Å². The summed E-state index contributed by atoms with van der Waals surface area (Å²) in [6.45, 7) is 0.370. The Bertz CT molecular complexity index is 867. The molecule has 1 atom stereocenters. The Balaban J connectivity index is 2.11. The summed E-state index contributed by atoms with van der Waals surface area (Å²) in [5.74, 6) is 1.03. The lowest BCUT2D eigenvalue weighted by Crippen LogP contribution is -2.35. The van der Waals surface area contributed by atoms with Crippen molar-refractivity contribution in [3.05, 3.63) is 65.2 Å². The number of hydrogen-bond donors (Lipinski definition) is 1. The highest BCUT2D eigenvalue weighted by atomic mass is 16.5. The van der Waals surface area contributed by atoms with E-state index in [1.54, 1.807) is 32.4 Å². The largest absolute Gasteiger partial charge is 0.497 e. The average Bonchev–Trinajstić information content (AvgIpc) is 2.72. The maximum absolute atomic E-state index is 12.5. The second kappa shape index (κ2) is 10.1. The van der Waals surface area contributed by atoms with Crippen LogP contribution in [0.3, 0.4) is 0 Å². The maximum Gasteiger partial charge on any atom is 0.262 e. The first kappa shape index (κ1) is 21.0. The maximum atomic E-state index is 12.5. The number of likely N-dealkylation sites (N-methyl/N-ethyl adjacent to an activating group) is 1. The van der Waals surface area contributed by atoms with Crippen molar-refractivity contribution in [3.63, 3.8) is 0 Å². The van der Waals surface area contributed by atoms with Crippen LogP contribution in [-0.2, 0) is 4.79 Å². The minimum Gasteiger partial charge on any atom is -0.497 e.